The Bertz CT molecular complexity index is 1010. The Hall–Kier alpha value is -3.29. The zero-order chi connectivity index (χ0) is 23.3. The van der Waals surface area contributed by atoms with Crippen molar-refractivity contribution in [2.75, 3.05) is 32.8 Å². The summed E-state index contributed by atoms with van der Waals surface area (Å²) in [6.07, 6.45) is -1.97. The maximum atomic E-state index is 13.8. The van der Waals surface area contributed by atoms with Crippen LogP contribution in [0.15, 0.2) is 42.5 Å². The Morgan fingerprint density at radius 3 is 2.38 bits per heavy atom. The highest BCUT2D eigenvalue weighted by molar-refractivity contribution is 5.94. The highest BCUT2D eigenvalue weighted by Gasteiger charge is 2.35. The lowest BCUT2D eigenvalue weighted by Crippen LogP contribution is -2.49. The fourth-order valence-electron chi connectivity index (χ4n) is 3.63. The molecule has 0 N–H and O–H groups in total. The van der Waals surface area contributed by atoms with E-state index in [-0.39, 0.29) is 28.5 Å². The summed E-state index contributed by atoms with van der Waals surface area (Å²) in [5.74, 6) is -0.0504. The monoisotopic (exact) mass is 445 g/mol. The molecule has 1 aliphatic rings. The summed E-state index contributed by atoms with van der Waals surface area (Å²) in [7, 11) is 0. The van der Waals surface area contributed by atoms with E-state index in [1.807, 2.05) is 0 Å². The predicted molar refractivity (Wildman–Crippen MR) is 115 cm³/mol. The molecule has 2 aromatic carbocycles. The van der Waals surface area contributed by atoms with E-state index in [2.05, 4.69) is 6.07 Å². The Kier molecular flexibility index (Phi) is 7.22. The molecule has 0 bridgehead atoms. The van der Waals surface area contributed by atoms with Crippen LogP contribution in [-0.2, 0) is 15.8 Å². The number of hydrogen-bond acceptors (Lipinski definition) is 3. The molecule has 1 radical (unpaired) electrons. The fraction of sp³-hybridized carbons (Fsp3) is 0.333. The average molecular weight is 445 g/mol. The van der Waals surface area contributed by atoms with Gasteiger partial charge in [0, 0.05) is 50.3 Å². The van der Waals surface area contributed by atoms with Crippen LogP contribution < -0.4 is 4.74 Å². The number of benzene rings is 2. The smallest absolute Gasteiger partial charge is 0.417 e. The second kappa shape index (κ2) is 9.89. The number of carbonyl (C=O) groups is 2. The number of halogens is 3. The molecular weight excluding hydrogens is 421 g/mol. The maximum absolute atomic E-state index is 13.8. The second-order valence-electron chi connectivity index (χ2n) is 7.27. The summed E-state index contributed by atoms with van der Waals surface area (Å²) in [5, 5.41) is 0. The normalized spacial score (nSPS) is 14.7. The standard InChI is InChI=1S/C24H24F3N2O3/c1-3-32-21-10-5-4-8-19(21)23-18(7-6-9-20(23)24(25,26)27)11-12-22(31)29-15-13-28(14-16-29)17(2)30/h4-8,10-12H,3,13-16H2,1-2H3/b12-11+. The van der Waals surface area contributed by atoms with Gasteiger partial charge in [0.1, 0.15) is 5.75 Å². The molecule has 3 rings (SSSR count). The highest BCUT2D eigenvalue weighted by Crippen LogP contribution is 2.42. The first-order valence-corrected chi connectivity index (χ1v) is 10.3. The lowest BCUT2D eigenvalue weighted by atomic mass is 9.93. The number of rotatable bonds is 5. The van der Waals surface area contributed by atoms with Crippen LogP contribution in [0.3, 0.4) is 0 Å². The van der Waals surface area contributed by atoms with Gasteiger partial charge in [-0.15, -0.1) is 0 Å². The van der Waals surface area contributed by atoms with Gasteiger partial charge in [-0.3, -0.25) is 9.59 Å². The highest BCUT2D eigenvalue weighted by atomic mass is 19.4. The van der Waals surface area contributed by atoms with Crippen LogP contribution >= 0.6 is 0 Å². The van der Waals surface area contributed by atoms with Gasteiger partial charge in [0.25, 0.3) is 0 Å². The number of hydrogen-bond donors (Lipinski definition) is 0. The van der Waals surface area contributed by atoms with Gasteiger partial charge in [-0.05, 0) is 30.7 Å². The van der Waals surface area contributed by atoms with Crippen LogP contribution in [0, 0.1) is 6.07 Å². The van der Waals surface area contributed by atoms with Gasteiger partial charge in [0.2, 0.25) is 11.8 Å². The Morgan fingerprint density at radius 1 is 1.09 bits per heavy atom. The van der Waals surface area contributed by atoms with Gasteiger partial charge in [0.05, 0.1) is 12.2 Å². The predicted octanol–water partition coefficient (Wildman–Crippen LogP) is 4.28. The molecule has 0 unspecified atom stereocenters. The number of ether oxygens (including phenoxy) is 1. The Labute approximate surface area is 185 Å². The molecule has 0 atom stereocenters. The summed E-state index contributed by atoms with van der Waals surface area (Å²) in [6.45, 7) is 5.14. The van der Waals surface area contributed by atoms with Crippen LogP contribution in [0.1, 0.15) is 25.0 Å². The molecular formula is C24H24F3N2O3. The Morgan fingerprint density at radius 2 is 1.75 bits per heavy atom. The number of para-hydroxylation sites is 1. The van der Waals surface area contributed by atoms with Crippen molar-refractivity contribution in [3.63, 3.8) is 0 Å². The molecule has 169 valence electrons. The number of carbonyl (C=O) groups excluding carboxylic acids is 2. The van der Waals surface area contributed by atoms with Crippen LogP contribution in [0.5, 0.6) is 5.75 Å². The lowest BCUT2D eigenvalue weighted by molar-refractivity contribution is -0.137. The summed E-state index contributed by atoms with van der Waals surface area (Å²) in [5.41, 5.74) is -0.497. The zero-order valence-electron chi connectivity index (χ0n) is 17.9. The third-order valence-corrected chi connectivity index (χ3v) is 5.21. The molecule has 2 aromatic rings. The first-order chi connectivity index (χ1) is 15.2. The molecule has 5 nitrogen and oxygen atoms in total. The summed E-state index contributed by atoms with van der Waals surface area (Å²) < 4.78 is 47.0. The quantitative estimate of drug-likeness (QED) is 0.646. The van der Waals surface area contributed by atoms with Crippen molar-refractivity contribution in [3.05, 3.63) is 59.7 Å². The molecule has 1 fully saturated rings. The van der Waals surface area contributed by atoms with Gasteiger partial charge < -0.3 is 14.5 Å². The molecule has 2 amide bonds. The van der Waals surface area contributed by atoms with E-state index >= 15 is 0 Å². The minimum atomic E-state index is -4.63. The van der Waals surface area contributed by atoms with Crippen LogP contribution in [0.4, 0.5) is 13.2 Å². The van der Waals surface area contributed by atoms with E-state index in [0.717, 1.165) is 0 Å². The molecule has 0 spiro atoms. The van der Waals surface area contributed by atoms with Crippen molar-refractivity contribution in [2.24, 2.45) is 0 Å². The van der Waals surface area contributed by atoms with Crippen LogP contribution in [0.2, 0.25) is 0 Å². The minimum Gasteiger partial charge on any atom is -0.493 e. The molecule has 0 aliphatic carbocycles. The third-order valence-electron chi connectivity index (χ3n) is 5.21. The summed E-state index contributed by atoms with van der Waals surface area (Å²) in [6, 6.07) is 11.5. The van der Waals surface area contributed by atoms with Crippen molar-refractivity contribution in [3.8, 4) is 16.9 Å². The summed E-state index contributed by atoms with van der Waals surface area (Å²) >= 11 is 0. The fourth-order valence-corrected chi connectivity index (χ4v) is 3.63. The van der Waals surface area contributed by atoms with Gasteiger partial charge >= 0.3 is 6.18 Å². The number of piperazine rings is 1. The van der Waals surface area contributed by atoms with E-state index < -0.39 is 11.7 Å². The molecule has 8 heteroatoms. The second-order valence-corrected chi connectivity index (χ2v) is 7.27. The minimum absolute atomic E-state index is 0.0505. The first kappa shape index (κ1) is 23.4. The molecule has 1 aliphatic heterocycles. The SMILES string of the molecule is CCOc1ccccc1-c1c(C(F)(F)F)[c]ccc1/C=C/C(=O)N1CCN(C(C)=O)CC1. The molecule has 0 saturated carbocycles. The number of amides is 2. The molecule has 1 heterocycles. The van der Waals surface area contributed by atoms with E-state index in [4.69, 9.17) is 4.74 Å². The topological polar surface area (TPSA) is 49.9 Å². The van der Waals surface area contributed by atoms with E-state index in [1.54, 1.807) is 41.0 Å². The largest absolute Gasteiger partial charge is 0.493 e. The van der Waals surface area contributed by atoms with E-state index in [1.165, 1.54) is 31.2 Å². The number of alkyl halides is 3. The van der Waals surface area contributed by atoms with Crippen molar-refractivity contribution in [2.45, 2.75) is 20.0 Å². The summed E-state index contributed by atoms with van der Waals surface area (Å²) in [4.78, 5) is 27.3. The number of nitrogens with zero attached hydrogens (tertiary/aromatic N) is 2. The van der Waals surface area contributed by atoms with Crippen molar-refractivity contribution < 1.29 is 27.5 Å². The zero-order valence-corrected chi connectivity index (χ0v) is 17.9. The molecule has 0 aromatic heterocycles. The lowest BCUT2D eigenvalue weighted by Gasteiger charge is -2.33. The third kappa shape index (κ3) is 5.30. The maximum Gasteiger partial charge on any atom is 0.417 e. The molecule has 1 saturated heterocycles. The van der Waals surface area contributed by atoms with Crippen LogP contribution in [-0.4, -0.2) is 54.4 Å². The van der Waals surface area contributed by atoms with E-state index in [0.29, 0.717) is 38.5 Å². The first-order valence-electron chi connectivity index (χ1n) is 10.3. The van der Waals surface area contributed by atoms with Gasteiger partial charge in [0.15, 0.2) is 0 Å². The van der Waals surface area contributed by atoms with Crippen molar-refractivity contribution in [1.29, 1.82) is 0 Å². The molecule has 32 heavy (non-hydrogen) atoms. The average Bonchev–Trinajstić information content (AvgIpc) is 2.77. The van der Waals surface area contributed by atoms with Gasteiger partial charge in [-0.2, -0.15) is 13.2 Å². The van der Waals surface area contributed by atoms with Gasteiger partial charge in [-0.25, -0.2) is 0 Å². The van der Waals surface area contributed by atoms with Crippen molar-refractivity contribution in [1.82, 2.24) is 9.80 Å². The van der Waals surface area contributed by atoms with Crippen LogP contribution in [0.25, 0.3) is 17.2 Å². The van der Waals surface area contributed by atoms with E-state index in [9.17, 15) is 22.8 Å². The Balaban J connectivity index is 1.96. The van der Waals surface area contributed by atoms with Gasteiger partial charge in [-0.1, -0.05) is 30.3 Å². The van der Waals surface area contributed by atoms with Crippen molar-refractivity contribution >= 4 is 17.9 Å².